The second-order valence-electron chi connectivity index (χ2n) is 8.89. The number of fused-ring (bicyclic) bond motifs is 1. The maximum absolute atomic E-state index is 13.2. The van der Waals surface area contributed by atoms with Gasteiger partial charge in [0.15, 0.2) is 6.29 Å². The van der Waals surface area contributed by atoms with Crippen molar-refractivity contribution in [1.82, 2.24) is 14.9 Å². The number of nitrogens with zero attached hydrogens (tertiary/aromatic N) is 5. The number of amides is 3. The van der Waals surface area contributed by atoms with E-state index in [1.54, 1.807) is 25.1 Å². The minimum absolute atomic E-state index is 0.0344. The Balaban J connectivity index is 1.52. The molecule has 4 heterocycles. The molecule has 1 saturated heterocycles. The van der Waals surface area contributed by atoms with Crippen molar-refractivity contribution >= 4 is 35.5 Å². The van der Waals surface area contributed by atoms with E-state index in [-0.39, 0.29) is 29.9 Å². The molecule has 194 valence electrons. The predicted octanol–water partition coefficient (Wildman–Crippen LogP) is 1.81. The molecule has 0 unspecified atom stereocenters. The number of carbonyl (C=O) groups is 3. The van der Waals surface area contributed by atoms with Gasteiger partial charge in [0.05, 0.1) is 37.0 Å². The predicted molar refractivity (Wildman–Crippen MR) is 134 cm³/mol. The molecule has 2 aliphatic heterocycles. The van der Waals surface area contributed by atoms with Gasteiger partial charge in [-0.3, -0.25) is 19.8 Å². The highest BCUT2D eigenvalue weighted by Gasteiger charge is 2.30. The average Bonchev–Trinajstić information content (AvgIpc) is 2.87. The van der Waals surface area contributed by atoms with Gasteiger partial charge in [-0.25, -0.2) is 14.8 Å². The number of anilines is 3. The van der Waals surface area contributed by atoms with E-state index in [0.29, 0.717) is 74.7 Å². The van der Waals surface area contributed by atoms with Crippen LogP contribution in [0.5, 0.6) is 0 Å². The Labute approximate surface area is 214 Å². The number of aldehydes is 1. The van der Waals surface area contributed by atoms with E-state index in [9.17, 15) is 19.6 Å². The Bertz CT molecular complexity index is 1220. The van der Waals surface area contributed by atoms with E-state index in [4.69, 9.17) is 9.47 Å². The van der Waals surface area contributed by atoms with Crippen LogP contribution in [0.15, 0.2) is 18.3 Å². The van der Waals surface area contributed by atoms with Crippen LogP contribution >= 0.6 is 0 Å². The number of carbonyl (C=O) groups excluding carboxylic acids is 3. The van der Waals surface area contributed by atoms with E-state index in [1.165, 1.54) is 11.1 Å². The van der Waals surface area contributed by atoms with Crippen LogP contribution in [-0.2, 0) is 27.2 Å². The molecule has 0 saturated carbocycles. The first-order valence-electron chi connectivity index (χ1n) is 12.0. The minimum Gasteiger partial charge on any atom is -0.383 e. The number of hydrogen-bond donors (Lipinski definition) is 2. The highest BCUT2D eigenvalue weighted by atomic mass is 16.5. The summed E-state index contributed by atoms with van der Waals surface area (Å²) in [6, 6.07) is 5.06. The summed E-state index contributed by atoms with van der Waals surface area (Å²) >= 11 is 0. The molecule has 0 spiro atoms. The summed E-state index contributed by atoms with van der Waals surface area (Å²) in [6.45, 7) is 2.41. The Kier molecular flexibility index (Phi) is 8.27. The molecular formula is C25H29N7O5. The molecule has 2 aromatic rings. The summed E-state index contributed by atoms with van der Waals surface area (Å²) in [5.41, 5.74) is 2.51. The van der Waals surface area contributed by atoms with Crippen LogP contribution in [0, 0.1) is 17.2 Å². The number of rotatable bonds is 9. The van der Waals surface area contributed by atoms with Gasteiger partial charge in [-0.1, -0.05) is 0 Å². The van der Waals surface area contributed by atoms with Gasteiger partial charge in [0.25, 0.3) is 0 Å². The van der Waals surface area contributed by atoms with E-state index in [0.717, 1.165) is 5.56 Å². The summed E-state index contributed by atoms with van der Waals surface area (Å²) in [5.74, 6) is 0.486. The SMILES string of the molecule is COCCNc1cc(NC(=O)N2CCCc3cc(CN(C)C(=O)C4COC4)c(C=O)nc32)ncc1C#N. The molecule has 12 nitrogen and oxygen atoms in total. The molecular weight excluding hydrogens is 478 g/mol. The number of nitrogens with one attached hydrogen (secondary N) is 2. The maximum Gasteiger partial charge on any atom is 0.328 e. The second kappa shape index (κ2) is 11.8. The number of aryl methyl sites for hydroxylation is 1. The number of nitriles is 1. The lowest BCUT2D eigenvalue weighted by atomic mass is 10.0. The van der Waals surface area contributed by atoms with Gasteiger partial charge in [-0.05, 0) is 24.5 Å². The van der Waals surface area contributed by atoms with Crippen LogP contribution in [0.1, 0.15) is 33.6 Å². The highest BCUT2D eigenvalue weighted by molar-refractivity contribution is 6.01. The summed E-state index contributed by atoms with van der Waals surface area (Å²) in [4.78, 5) is 49.3. The van der Waals surface area contributed by atoms with Crippen molar-refractivity contribution in [3.05, 3.63) is 40.7 Å². The van der Waals surface area contributed by atoms with Crippen LogP contribution in [0.2, 0.25) is 0 Å². The normalized spacial score (nSPS) is 14.7. The maximum atomic E-state index is 13.2. The summed E-state index contributed by atoms with van der Waals surface area (Å²) in [7, 11) is 3.27. The first-order chi connectivity index (χ1) is 17.9. The molecule has 12 heteroatoms. The fraction of sp³-hybridized carbons (Fsp3) is 0.440. The third-order valence-corrected chi connectivity index (χ3v) is 6.28. The molecule has 0 aliphatic carbocycles. The average molecular weight is 508 g/mol. The van der Waals surface area contributed by atoms with Gasteiger partial charge >= 0.3 is 6.03 Å². The number of pyridine rings is 2. The van der Waals surface area contributed by atoms with Crippen molar-refractivity contribution in [3.63, 3.8) is 0 Å². The van der Waals surface area contributed by atoms with Crippen LogP contribution in [0.4, 0.5) is 22.1 Å². The molecule has 1 fully saturated rings. The van der Waals surface area contributed by atoms with E-state index < -0.39 is 6.03 Å². The van der Waals surface area contributed by atoms with Crippen LogP contribution in [-0.4, -0.2) is 80.2 Å². The van der Waals surface area contributed by atoms with Gasteiger partial charge in [-0.15, -0.1) is 0 Å². The molecule has 0 atom stereocenters. The third kappa shape index (κ3) is 5.84. The molecule has 37 heavy (non-hydrogen) atoms. The van der Waals surface area contributed by atoms with E-state index in [2.05, 4.69) is 26.7 Å². The minimum atomic E-state index is -0.449. The zero-order valence-corrected chi connectivity index (χ0v) is 20.8. The number of aromatic nitrogens is 2. The van der Waals surface area contributed by atoms with Crippen molar-refractivity contribution < 1.29 is 23.9 Å². The molecule has 2 N–H and O–H groups in total. The smallest absolute Gasteiger partial charge is 0.328 e. The lowest BCUT2D eigenvalue weighted by Crippen LogP contribution is -2.43. The number of urea groups is 1. The Morgan fingerprint density at radius 1 is 1.38 bits per heavy atom. The van der Waals surface area contributed by atoms with Crippen molar-refractivity contribution in [2.75, 3.05) is 62.6 Å². The Morgan fingerprint density at radius 3 is 2.86 bits per heavy atom. The summed E-state index contributed by atoms with van der Waals surface area (Å²) in [6.07, 6.45) is 3.43. The fourth-order valence-corrected chi connectivity index (χ4v) is 4.23. The van der Waals surface area contributed by atoms with Gasteiger partial charge in [0.2, 0.25) is 5.91 Å². The quantitative estimate of drug-likeness (QED) is 0.383. The molecule has 2 aliphatic rings. The molecule has 0 aromatic carbocycles. The first kappa shape index (κ1) is 26.0. The van der Waals surface area contributed by atoms with Gasteiger partial charge in [-0.2, -0.15) is 5.26 Å². The Hall–Kier alpha value is -4.08. The lowest BCUT2D eigenvalue weighted by Gasteiger charge is -2.31. The van der Waals surface area contributed by atoms with E-state index >= 15 is 0 Å². The monoisotopic (exact) mass is 507 g/mol. The molecule has 4 rings (SSSR count). The zero-order chi connectivity index (χ0) is 26.4. The molecule has 3 amide bonds. The van der Waals surface area contributed by atoms with Gasteiger partial charge < -0.3 is 19.7 Å². The van der Waals surface area contributed by atoms with Gasteiger partial charge in [0.1, 0.15) is 23.4 Å². The fourth-order valence-electron chi connectivity index (χ4n) is 4.23. The molecule has 2 aromatic heterocycles. The van der Waals surface area contributed by atoms with Crippen molar-refractivity contribution in [3.8, 4) is 6.07 Å². The Morgan fingerprint density at radius 2 is 2.19 bits per heavy atom. The molecule has 0 bridgehead atoms. The van der Waals surface area contributed by atoms with Crippen LogP contribution < -0.4 is 15.5 Å². The zero-order valence-electron chi connectivity index (χ0n) is 20.8. The number of ether oxygens (including phenoxy) is 2. The van der Waals surface area contributed by atoms with Crippen molar-refractivity contribution in [2.45, 2.75) is 19.4 Å². The topological polar surface area (TPSA) is 150 Å². The standard InChI is InChI=1S/C25H29N7O5/c1-31(24(34)19-14-37-15-19)12-17-8-16-4-3-6-32(23(16)29-21(17)13-33)25(35)30-22-9-20(27-5-7-36-2)18(10-26)11-28-22/h8-9,11,13,19H,3-7,12,14-15H2,1-2H3,(H2,27,28,30,35). The lowest BCUT2D eigenvalue weighted by molar-refractivity contribution is -0.149. The summed E-state index contributed by atoms with van der Waals surface area (Å²) in [5, 5.41) is 15.2. The van der Waals surface area contributed by atoms with E-state index in [1.807, 2.05) is 6.07 Å². The van der Waals surface area contributed by atoms with Crippen molar-refractivity contribution in [2.24, 2.45) is 5.92 Å². The second-order valence-corrected chi connectivity index (χ2v) is 8.89. The van der Waals surface area contributed by atoms with Crippen molar-refractivity contribution in [1.29, 1.82) is 5.26 Å². The summed E-state index contributed by atoms with van der Waals surface area (Å²) < 4.78 is 10.1. The third-order valence-electron chi connectivity index (χ3n) is 6.28. The number of hydrogen-bond acceptors (Lipinski definition) is 9. The van der Waals surface area contributed by atoms with Gasteiger partial charge in [0, 0.05) is 51.6 Å². The van der Waals surface area contributed by atoms with Crippen LogP contribution in [0.25, 0.3) is 0 Å². The highest BCUT2D eigenvalue weighted by Crippen LogP contribution is 2.29. The number of methoxy groups -OCH3 is 1. The first-order valence-corrected chi connectivity index (χ1v) is 12.0. The molecule has 0 radical (unpaired) electrons. The van der Waals surface area contributed by atoms with Crippen LogP contribution in [0.3, 0.4) is 0 Å². The largest absolute Gasteiger partial charge is 0.383 e.